The lowest BCUT2D eigenvalue weighted by Gasteiger charge is -2.26. The van der Waals surface area contributed by atoms with E-state index in [0.717, 1.165) is 6.08 Å². The second kappa shape index (κ2) is 7.29. The number of benzene rings is 1. The molecular formula is C15H17FN2O2. The Balaban J connectivity index is 3.19. The molecule has 0 bridgehead atoms. The minimum Gasteiger partial charge on any atom is -0.478 e. The summed E-state index contributed by atoms with van der Waals surface area (Å²) in [4.78, 5) is 12.3. The number of anilines is 1. The molecule has 0 saturated heterocycles. The summed E-state index contributed by atoms with van der Waals surface area (Å²) in [6, 6.07) is 6.62. The molecule has 0 aliphatic rings. The van der Waals surface area contributed by atoms with Gasteiger partial charge in [-0.1, -0.05) is 12.1 Å². The number of rotatable bonds is 6. The first-order chi connectivity index (χ1) is 9.49. The van der Waals surface area contributed by atoms with Gasteiger partial charge in [0.15, 0.2) is 0 Å². The Kier molecular flexibility index (Phi) is 5.73. The highest BCUT2D eigenvalue weighted by molar-refractivity contribution is 5.87. The topological polar surface area (TPSA) is 64.3 Å². The Morgan fingerprint density at radius 2 is 2.30 bits per heavy atom. The minimum atomic E-state index is -1.09. The number of carboxylic acids is 1. The Hall–Kier alpha value is -2.35. The minimum absolute atomic E-state index is 0.245. The average molecular weight is 276 g/mol. The molecular weight excluding hydrogens is 259 g/mol. The largest absolute Gasteiger partial charge is 0.478 e. The number of carbonyl (C=O) groups is 1. The van der Waals surface area contributed by atoms with Crippen molar-refractivity contribution >= 4 is 17.7 Å². The fourth-order valence-electron chi connectivity index (χ4n) is 1.91. The monoisotopic (exact) mass is 276 g/mol. The molecule has 1 aromatic rings. The predicted molar refractivity (Wildman–Crippen MR) is 75.7 cm³/mol. The van der Waals surface area contributed by atoms with E-state index >= 15 is 0 Å². The van der Waals surface area contributed by atoms with Gasteiger partial charge in [-0.3, -0.25) is 0 Å². The molecule has 0 fully saturated rings. The van der Waals surface area contributed by atoms with E-state index in [1.807, 2.05) is 6.92 Å². The standard InChI is InChI=1S/C15H17FN2O2/c1-3-18(10-11(2)9-17)15-12(7-8-14(19)20)5-4-6-13(15)16/h4-8,11H,3,10H2,1-2H3,(H,19,20)/b8-7+. The highest BCUT2D eigenvalue weighted by Crippen LogP contribution is 2.26. The fourth-order valence-corrected chi connectivity index (χ4v) is 1.91. The van der Waals surface area contributed by atoms with E-state index in [4.69, 9.17) is 10.4 Å². The number of aliphatic carboxylic acids is 1. The van der Waals surface area contributed by atoms with Crippen molar-refractivity contribution in [1.82, 2.24) is 0 Å². The van der Waals surface area contributed by atoms with Crippen LogP contribution in [0.3, 0.4) is 0 Å². The lowest BCUT2D eigenvalue weighted by molar-refractivity contribution is -0.131. The quantitative estimate of drug-likeness (QED) is 0.811. The van der Waals surface area contributed by atoms with Gasteiger partial charge in [-0.15, -0.1) is 0 Å². The molecule has 1 N–H and O–H groups in total. The zero-order valence-electron chi connectivity index (χ0n) is 11.5. The van der Waals surface area contributed by atoms with Gasteiger partial charge < -0.3 is 10.0 Å². The summed E-state index contributed by atoms with van der Waals surface area (Å²) in [6.07, 6.45) is 2.33. The molecule has 1 aromatic carbocycles. The second-order valence-corrected chi connectivity index (χ2v) is 4.42. The Morgan fingerprint density at radius 3 is 2.85 bits per heavy atom. The van der Waals surface area contributed by atoms with E-state index in [-0.39, 0.29) is 5.92 Å². The number of hydrogen-bond donors (Lipinski definition) is 1. The molecule has 0 heterocycles. The Morgan fingerprint density at radius 1 is 1.60 bits per heavy atom. The second-order valence-electron chi connectivity index (χ2n) is 4.42. The SMILES string of the molecule is CCN(CC(C)C#N)c1c(F)cccc1/C=C/C(=O)O. The van der Waals surface area contributed by atoms with E-state index in [1.165, 1.54) is 18.2 Å². The van der Waals surface area contributed by atoms with Crippen molar-refractivity contribution < 1.29 is 14.3 Å². The van der Waals surface area contributed by atoms with Crippen molar-refractivity contribution in [1.29, 1.82) is 5.26 Å². The van der Waals surface area contributed by atoms with E-state index < -0.39 is 11.8 Å². The van der Waals surface area contributed by atoms with Crippen molar-refractivity contribution in [3.63, 3.8) is 0 Å². The van der Waals surface area contributed by atoms with Crippen molar-refractivity contribution in [3.05, 3.63) is 35.7 Å². The molecule has 106 valence electrons. The smallest absolute Gasteiger partial charge is 0.328 e. The molecule has 1 rings (SSSR count). The van der Waals surface area contributed by atoms with Crippen molar-refractivity contribution in [3.8, 4) is 6.07 Å². The van der Waals surface area contributed by atoms with Crippen LogP contribution in [0.25, 0.3) is 6.08 Å². The van der Waals surface area contributed by atoms with Crippen LogP contribution >= 0.6 is 0 Å². The maximum atomic E-state index is 14.1. The third-order valence-corrected chi connectivity index (χ3v) is 2.84. The summed E-state index contributed by atoms with van der Waals surface area (Å²) in [6.45, 7) is 4.54. The molecule has 1 unspecified atom stereocenters. The van der Waals surface area contributed by atoms with Gasteiger partial charge in [-0.2, -0.15) is 5.26 Å². The third-order valence-electron chi connectivity index (χ3n) is 2.84. The number of nitrogens with zero attached hydrogens (tertiary/aromatic N) is 2. The fraction of sp³-hybridized carbons (Fsp3) is 0.333. The normalized spacial score (nSPS) is 12.1. The predicted octanol–water partition coefficient (Wildman–Crippen LogP) is 2.91. The summed E-state index contributed by atoms with van der Waals surface area (Å²) in [5, 5.41) is 17.6. The van der Waals surface area contributed by atoms with E-state index in [2.05, 4.69) is 6.07 Å². The van der Waals surface area contributed by atoms with Crippen LogP contribution in [0, 0.1) is 23.1 Å². The van der Waals surface area contributed by atoms with Crippen LogP contribution in [0.15, 0.2) is 24.3 Å². The summed E-state index contributed by atoms with van der Waals surface area (Å²) in [5.41, 5.74) is 0.814. The Bertz CT molecular complexity index is 549. The molecule has 5 heteroatoms. The van der Waals surface area contributed by atoms with Gasteiger partial charge in [0.05, 0.1) is 17.7 Å². The van der Waals surface area contributed by atoms with Crippen LogP contribution in [0.4, 0.5) is 10.1 Å². The molecule has 0 radical (unpaired) electrons. The van der Waals surface area contributed by atoms with Crippen LogP contribution in [-0.4, -0.2) is 24.2 Å². The van der Waals surface area contributed by atoms with Crippen LogP contribution in [-0.2, 0) is 4.79 Å². The van der Waals surface area contributed by atoms with Crippen LogP contribution < -0.4 is 4.90 Å². The number of halogens is 1. The van der Waals surface area contributed by atoms with Crippen LogP contribution in [0.5, 0.6) is 0 Å². The molecule has 4 nitrogen and oxygen atoms in total. The molecule has 0 spiro atoms. The maximum absolute atomic E-state index is 14.1. The van der Waals surface area contributed by atoms with Gasteiger partial charge in [0.25, 0.3) is 0 Å². The lowest BCUT2D eigenvalue weighted by Crippen LogP contribution is -2.29. The first-order valence-corrected chi connectivity index (χ1v) is 6.33. The lowest BCUT2D eigenvalue weighted by atomic mass is 10.1. The highest BCUT2D eigenvalue weighted by Gasteiger charge is 2.16. The average Bonchev–Trinajstić information content (AvgIpc) is 2.42. The van der Waals surface area contributed by atoms with Gasteiger partial charge in [-0.05, 0) is 26.0 Å². The molecule has 1 atom stereocenters. The summed E-state index contributed by atoms with van der Waals surface area (Å²) >= 11 is 0. The maximum Gasteiger partial charge on any atom is 0.328 e. The van der Waals surface area contributed by atoms with Crippen LogP contribution in [0.1, 0.15) is 19.4 Å². The van der Waals surface area contributed by atoms with Crippen LogP contribution in [0.2, 0.25) is 0 Å². The Labute approximate surface area is 117 Å². The molecule has 0 aliphatic carbocycles. The van der Waals surface area contributed by atoms with Gasteiger partial charge >= 0.3 is 5.97 Å². The summed E-state index contributed by atoms with van der Waals surface area (Å²) in [5.74, 6) is -1.76. The van der Waals surface area contributed by atoms with E-state index in [1.54, 1.807) is 17.9 Å². The molecule has 20 heavy (non-hydrogen) atoms. The number of para-hydroxylation sites is 1. The van der Waals surface area contributed by atoms with Crippen molar-refractivity contribution in [2.75, 3.05) is 18.0 Å². The zero-order chi connectivity index (χ0) is 15.1. The number of carboxylic acid groups (broad SMARTS) is 1. The molecule has 0 amide bonds. The van der Waals surface area contributed by atoms with E-state index in [9.17, 15) is 9.18 Å². The van der Waals surface area contributed by atoms with Crippen molar-refractivity contribution in [2.45, 2.75) is 13.8 Å². The highest BCUT2D eigenvalue weighted by atomic mass is 19.1. The number of nitriles is 1. The van der Waals surface area contributed by atoms with Crippen molar-refractivity contribution in [2.24, 2.45) is 5.92 Å². The summed E-state index contributed by atoms with van der Waals surface area (Å²) in [7, 11) is 0. The first-order valence-electron chi connectivity index (χ1n) is 6.33. The zero-order valence-corrected chi connectivity index (χ0v) is 11.5. The van der Waals surface area contributed by atoms with E-state index in [0.29, 0.717) is 24.3 Å². The molecule has 0 saturated carbocycles. The van der Waals surface area contributed by atoms with Gasteiger partial charge in [0.2, 0.25) is 0 Å². The van der Waals surface area contributed by atoms with Gasteiger partial charge in [-0.25, -0.2) is 9.18 Å². The molecule has 0 aliphatic heterocycles. The molecule has 0 aromatic heterocycles. The number of hydrogen-bond acceptors (Lipinski definition) is 3. The third kappa shape index (κ3) is 4.09. The van der Waals surface area contributed by atoms with Gasteiger partial charge in [0, 0.05) is 24.7 Å². The van der Waals surface area contributed by atoms with Gasteiger partial charge in [0.1, 0.15) is 5.82 Å². The first kappa shape index (κ1) is 15.7. The summed E-state index contributed by atoms with van der Waals surface area (Å²) < 4.78 is 14.1.